The van der Waals surface area contributed by atoms with Crippen molar-refractivity contribution in [3.8, 4) is 10.7 Å². The van der Waals surface area contributed by atoms with E-state index in [2.05, 4.69) is 21.6 Å². The molecule has 20 heavy (non-hydrogen) atoms. The van der Waals surface area contributed by atoms with Crippen LogP contribution in [-0.2, 0) is 11.3 Å². The molecule has 108 valence electrons. The van der Waals surface area contributed by atoms with E-state index in [1.165, 1.54) is 32.1 Å². The molecule has 1 N–H and O–H groups in total. The molecule has 1 saturated carbocycles. The summed E-state index contributed by atoms with van der Waals surface area (Å²) in [5, 5.41) is 9.26. The lowest BCUT2D eigenvalue weighted by molar-refractivity contribution is 0.0241. The van der Waals surface area contributed by atoms with Gasteiger partial charge in [0.15, 0.2) is 10.6 Å². The van der Waals surface area contributed by atoms with Crippen LogP contribution in [0.3, 0.4) is 0 Å². The van der Waals surface area contributed by atoms with E-state index in [-0.39, 0.29) is 0 Å². The Morgan fingerprint density at radius 1 is 1.40 bits per heavy atom. The Morgan fingerprint density at radius 2 is 2.25 bits per heavy atom. The third kappa shape index (κ3) is 3.19. The summed E-state index contributed by atoms with van der Waals surface area (Å²) in [6.45, 7) is 1.47. The van der Waals surface area contributed by atoms with Gasteiger partial charge in [-0.1, -0.05) is 25.3 Å². The van der Waals surface area contributed by atoms with E-state index in [4.69, 9.17) is 17.0 Å². The van der Waals surface area contributed by atoms with E-state index in [0.29, 0.717) is 17.5 Å². The molecule has 0 aromatic carbocycles. The van der Waals surface area contributed by atoms with Crippen LogP contribution in [0.1, 0.15) is 32.1 Å². The molecule has 2 aromatic rings. The fourth-order valence-corrected chi connectivity index (χ4v) is 3.61. The van der Waals surface area contributed by atoms with E-state index in [1.54, 1.807) is 11.3 Å². The largest absolute Gasteiger partial charge is 0.376 e. The van der Waals surface area contributed by atoms with E-state index in [0.717, 1.165) is 17.2 Å². The summed E-state index contributed by atoms with van der Waals surface area (Å²) in [4.78, 5) is 1.13. The van der Waals surface area contributed by atoms with Crippen molar-refractivity contribution in [1.82, 2.24) is 14.8 Å². The molecule has 4 nitrogen and oxygen atoms in total. The molecule has 0 unspecified atom stereocenters. The van der Waals surface area contributed by atoms with E-state index in [9.17, 15) is 0 Å². The van der Waals surface area contributed by atoms with Gasteiger partial charge in [0.05, 0.1) is 24.1 Å². The minimum atomic E-state index is 0.440. The summed E-state index contributed by atoms with van der Waals surface area (Å²) in [7, 11) is 0. The SMILES string of the molecule is S=c1[nH]nc(-c2cccs2)n1CCOC1CCCCC1. The molecule has 0 amide bonds. The normalized spacial score (nSPS) is 16.6. The van der Waals surface area contributed by atoms with Crippen LogP contribution in [0.2, 0.25) is 0 Å². The van der Waals surface area contributed by atoms with Gasteiger partial charge in [-0.15, -0.1) is 11.3 Å². The van der Waals surface area contributed by atoms with Gasteiger partial charge in [-0.3, -0.25) is 9.67 Å². The molecular weight excluding hydrogens is 290 g/mol. The molecule has 1 fully saturated rings. The first-order chi connectivity index (χ1) is 9.84. The van der Waals surface area contributed by atoms with Crippen LogP contribution in [0.5, 0.6) is 0 Å². The fraction of sp³-hybridized carbons (Fsp3) is 0.571. The van der Waals surface area contributed by atoms with Gasteiger partial charge in [0.25, 0.3) is 0 Å². The molecule has 0 atom stereocenters. The molecule has 0 saturated heterocycles. The summed E-state index contributed by atoms with van der Waals surface area (Å²) >= 11 is 6.99. The third-order valence-electron chi connectivity index (χ3n) is 3.72. The zero-order chi connectivity index (χ0) is 13.8. The highest BCUT2D eigenvalue weighted by Gasteiger charge is 2.14. The van der Waals surface area contributed by atoms with Crippen molar-refractivity contribution in [2.75, 3.05) is 6.61 Å². The second-order valence-corrected chi connectivity index (χ2v) is 6.45. The monoisotopic (exact) mass is 309 g/mol. The number of nitrogens with one attached hydrogen (secondary N) is 1. The zero-order valence-electron chi connectivity index (χ0n) is 11.4. The van der Waals surface area contributed by atoms with Gasteiger partial charge < -0.3 is 4.74 Å². The van der Waals surface area contributed by atoms with Gasteiger partial charge >= 0.3 is 0 Å². The number of aromatic nitrogens is 3. The maximum Gasteiger partial charge on any atom is 0.195 e. The minimum absolute atomic E-state index is 0.440. The van der Waals surface area contributed by atoms with Crippen LogP contribution in [0, 0.1) is 4.77 Å². The number of hydrogen-bond acceptors (Lipinski definition) is 4. The summed E-state index contributed by atoms with van der Waals surface area (Å²) in [5.41, 5.74) is 0. The van der Waals surface area contributed by atoms with Crippen molar-refractivity contribution in [3.63, 3.8) is 0 Å². The molecule has 3 rings (SSSR count). The van der Waals surface area contributed by atoms with Crippen LogP contribution in [0.4, 0.5) is 0 Å². The van der Waals surface area contributed by atoms with Crippen molar-refractivity contribution in [2.45, 2.75) is 44.8 Å². The van der Waals surface area contributed by atoms with Crippen LogP contribution in [-0.4, -0.2) is 27.5 Å². The Bertz CT molecular complexity index is 582. The standard InChI is InChI=1S/C14H19N3OS2/c19-14-16-15-13(12-7-4-10-20-12)17(14)8-9-18-11-5-2-1-3-6-11/h4,7,10-11H,1-3,5-6,8-9H2,(H,16,19). The lowest BCUT2D eigenvalue weighted by atomic mass is 9.98. The number of ether oxygens (including phenoxy) is 1. The molecule has 1 aliphatic rings. The molecule has 0 bridgehead atoms. The highest BCUT2D eigenvalue weighted by molar-refractivity contribution is 7.71. The van der Waals surface area contributed by atoms with Crippen LogP contribution in [0.25, 0.3) is 10.7 Å². The Labute approximate surface area is 127 Å². The Balaban J connectivity index is 1.62. The Kier molecular flexibility index (Phi) is 4.65. The average Bonchev–Trinajstić information content (AvgIpc) is 3.11. The zero-order valence-corrected chi connectivity index (χ0v) is 13.0. The minimum Gasteiger partial charge on any atom is -0.376 e. The van der Waals surface area contributed by atoms with Crippen molar-refractivity contribution in [2.24, 2.45) is 0 Å². The van der Waals surface area contributed by atoms with Gasteiger partial charge in [-0.2, -0.15) is 5.10 Å². The van der Waals surface area contributed by atoms with Gasteiger partial charge in [-0.25, -0.2) is 0 Å². The number of aromatic amines is 1. The van der Waals surface area contributed by atoms with Crippen molar-refractivity contribution in [3.05, 3.63) is 22.3 Å². The molecule has 2 aromatic heterocycles. The second kappa shape index (κ2) is 6.65. The third-order valence-corrected chi connectivity index (χ3v) is 4.90. The maximum absolute atomic E-state index is 5.98. The highest BCUT2D eigenvalue weighted by atomic mass is 32.1. The lowest BCUT2D eigenvalue weighted by Gasteiger charge is -2.22. The van der Waals surface area contributed by atoms with Gasteiger partial charge in [0, 0.05) is 0 Å². The first kappa shape index (κ1) is 14.0. The lowest BCUT2D eigenvalue weighted by Crippen LogP contribution is -2.19. The van der Waals surface area contributed by atoms with Crippen LogP contribution >= 0.6 is 23.6 Å². The van der Waals surface area contributed by atoms with E-state index < -0.39 is 0 Å². The summed E-state index contributed by atoms with van der Waals surface area (Å²) in [5.74, 6) is 0.914. The number of nitrogens with zero attached hydrogens (tertiary/aromatic N) is 2. The molecular formula is C14H19N3OS2. The first-order valence-corrected chi connectivity index (χ1v) is 8.44. The first-order valence-electron chi connectivity index (χ1n) is 7.15. The predicted octanol–water partition coefficient (Wildman–Crippen LogP) is 4.02. The van der Waals surface area contributed by atoms with Gasteiger partial charge in [0.2, 0.25) is 0 Å². The van der Waals surface area contributed by atoms with Crippen molar-refractivity contribution < 1.29 is 4.74 Å². The van der Waals surface area contributed by atoms with E-state index >= 15 is 0 Å². The molecule has 0 aliphatic heterocycles. The highest BCUT2D eigenvalue weighted by Crippen LogP contribution is 2.23. The molecule has 0 spiro atoms. The Hall–Kier alpha value is -0.980. The number of H-pyrrole nitrogens is 1. The van der Waals surface area contributed by atoms with Crippen LogP contribution < -0.4 is 0 Å². The maximum atomic E-state index is 5.98. The summed E-state index contributed by atoms with van der Waals surface area (Å²) in [6.07, 6.45) is 6.81. The average molecular weight is 309 g/mol. The number of thiophene rings is 1. The van der Waals surface area contributed by atoms with E-state index in [1.807, 2.05) is 10.6 Å². The molecule has 1 aliphatic carbocycles. The summed E-state index contributed by atoms with van der Waals surface area (Å²) < 4.78 is 8.68. The summed E-state index contributed by atoms with van der Waals surface area (Å²) in [6, 6.07) is 4.09. The second-order valence-electron chi connectivity index (χ2n) is 5.11. The quantitative estimate of drug-likeness (QED) is 0.848. The Morgan fingerprint density at radius 3 is 3.00 bits per heavy atom. The van der Waals surface area contributed by atoms with Gasteiger partial charge in [-0.05, 0) is 36.5 Å². The van der Waals surface area contributed by atoms with Crippen LogP contribution in [0.15, 0.2) is 17.5 Å². The van der Waals surface area contributed by atoms with Crippen molar-refractivity contribution >= 4 is 23.6 Å². The number of rotatable bonds is 5. The topological polar surface area (TPSA) is 42.8 Å². The molecule has 2 heterocycles. The fourth-order valence-electron chi connectivity index (χ4n) is 2.66. The van der Waals surface area contributed by atoms with Gasteiger partial charge in [0.1, 0.15) is 0 Å². The predicted molar refractivity (Wildman–Crippen MR) is 83.5 cm³/mol. The molecule has 6 heteroatoms. The smallest absolute Gasteiger partial charge is 0.195 e. The van der Waals surface area contributed by atoms with Crippen molar-refractivity contribution in [1.29, 1.82) is 0 Å². The number of hydrogen-bond donors (Lipinski definition) is 1. The molecule has 0 radical (unpaired) electrons.